The summed E-state index contributed by atoms with van der Waals surface area (Å²) in [5.41, 5.74) is 1.88. The van der Waals surface area contributed by atoms with E-state index >= 15 is 0 Å². The number of rotatable bonds is 8. The molecule has 190 valence electrons. The Labute approximate surface area is 222 Å². The minimum atomic E-state index is -0.559. The highest BCUT2D eigenvalue weighted by Crippen LogP contribution is 2.34. The van der Waals surface area contributed by atoms with Crippen LogP contribution in [0.5, 0.6) is 17.2 Å². The van der Waals surface area contributed by atoms with Crippen molar-refractivity contribution in [3.05, 3.63) is 87.3 Å². The van der Waals surface area contributed by atoms with Crippen LogP contribution in [-0.2, 0) is 11.2 Å². The molecule has 4 rings (SSSR count). The summed E-state index contributed by atoms with van der Waals surface area (Å²) in [5, 5.41) is 13.2. The van der Waals surface area contributed by atoms with Crippen LogP contribution >= 0.6 is 23.4 Å². The molecule has 1 saturated heterocycles. The molecule has 0 aliphatic carbocycles. The van der Waals surface area contributed by atoms with Crippen LogP contribution in [0, 0.1) is 0 Å². The van der Waals surface area contributed by atoms with Crippen LogP contribution in [0.15, 0.2) is 65.6 Å². The van der Waals surface area contributed by atoms with Gasteiger partial charge in [-0.1, -0.05) is 29.8 Å². The second-order valence-electron chi connectivity index (χ2n) is 8.01. The summed E-state index contributed by atoms with van der Waals surface area (Å²) in [6.45, 7) is 0.234. The molecule has 1 fully saturated rings. The maximum absolute atomic E-state index is 12.9. The lowest BCUT2D eigenvalue weighted by molar-refractivity contribution is -0.122. The molecule has 8 nitrogen and oxygen atoms in total. The predicted octanol–water partition coefficient (Wildman–Crippen LogP) is 5.59. The van der Waals surface area contributed by atoms with Crippen molar-refractivity contribution in [3.8, 4) is 17.2 Å². The number of carbonyl (C=O) groups is 3. The summed E-state index contributed by atoms with van der Waals surface area (Å²) in [6.07, 6.45) is 2.03. The third-order valence-corrected chi connectivity index (χ3v) is 6.77. The van der Waals surface area contributed by atoms with Gasteiger partial charge in [-0.15, -0.1) is 0 Å². The predicted molar refractivity (Wildman–Crippen MR) is 143 cm³/mol. The molecule has 37 heavy (non-hydrogen) atoms. The SMILES string of the molecule is COc1ccc(NC(=O)c2cc(C=C3SC(=O)N(CCc4ccc(Cl)cc4)C3=O)ccc2O)cc1OC. The summed E-state index contributed by atoms with van der Waals surface area (Å²) in [7, 11) is 2.99. The number of hydrogen-bond acceptors (Lipinski definition) is 7. The van der Waals surface area contributed by atoms with Crippen LogP contribution in [0.25, 0.3) is 6.08 Å². The van der Waals surface area contributed by atoms with Crippen molar-refractivity contribution >= 4 is 52.2 Å². The van der Waals surface area contributed by atoms with Gasteiger partial charge >= 0.3 is 0 Å². The van der Waals surface area contributed by atoms with Gasteiger partial charge in [-0.05, 0) is 71.8 Å². The normalized spacial score (nSPS) is 14.2. The third kappa shape index (κ3) is 6.07. The molecule has 10 heteroatoms. The van der Waals surface area contributed by atoms with Crippen molar-refractivity contribution in [2.24, 2.45) is 0 Å². The number of halogens is 1. The smallest absolute Gasteiger partial charge is 0.293 e. The van der Waals surface area contributed by atoms with Gasteiger partial charge in [-0.25, -0.2) is 0 Å². The third-order valence-electron chi connectivity index (χ3n) is 5.62. The van der Waals surface area contributed by atoms with Crippen molar-refractivity contribution in [1.82, 2.24) is 4.90 Å². The highest BCUT2D eigenvalue weighted by molar-refractivity contribution is 8.18. The van der Waals surface area contributed by atoms with Gasteiger partial charge in [-0.3, -0.25) is 19.3 Å². The van der Waals surface area contributed by atoms with Crippen LogP contribution < -0.4 is 14.8 Å². The van der Waals surface area contributed by atoms with Crippen molar-refractivity contribution in [1.29, 1.82) is 0 Å². The van der Waals surface area contributed by atoms with E-state index in [0.29, 0.717) is 34.2 Å². The van der Waals surface area contributed by atoms with Crippen LogP contribution in [0.3, 0.4) is 0 Å². The van der Waals surface area contributed by atoms with Crippen molar-refractivity contribution in [3.63, 3.8) is 0 Å². The minimum Gasteiger partial charge on any atom is -0.507 e. The Kier molecular flexibility index (Phi) is 8.05. The molecular formula is C27H23ClN2O6S. The first kappa shape index (κ1) is 26.1. The first-order valence-electron chi connectivity index (χ1n) is 11.1. The Morgan fingerprint density at radius 2 is 1.76 bits per heavy atom. The molecule has 0 atom stereocenters. The lowest BCUT2D eigenvalue weighted by Gasteiger charge is -2.12. The molecule has 0 bridgehead atoms. The first-order chi connectivity index (χ1) is 17.8. The van der Waals surface area contributed by atoms with E-state index < -0.39 is 11.8 Å². The summed E-state index contributed by atoms with van der Waals surface area (Å²) >= 11 is 6.74. The van der Waals surface area contributed by atoms with Gasteiger partial charge < -0.3 is 19.9 Å². The Bertz CT molecular complexity index is 1390. The number of nitrogens with one attached hydrogen (secondary N) is 1. The van der Waals surface area contributed by atoms with Crippen LogP contribution in [0.2, 0.25) is 5.02 Å². The maximum Gasteiger partial charge on any atom is 0.293 e. The molecule has 1 heterocycles. The van der Waals surface area contributed by atoms with Gasteiger partial charge in [0, 0.05) is 23.3 Å². The lowest BCUT2D eigenvalue weighted by atomic mass is 10.1. The molecule has 3 aromatic carbocycles. The van der Waals surface area contributed by atoms with Crippen LogP contribution in [0.1, 0.15) is 21.5 Å². The summed E-state index contributed by atoms with van der Waals surface area (Å²) in [4.78, 5) is 39.7. The fourth-order valence-corrected chi connectivity index (χ4v) is 4.66. The molecule has 0 aromatic heterocycles. The van der Waals surface area contributed by atoms with E-state index in [9.17, 15) is 19.5 Å². The van der Waals surface area contributed by atoms with Crippen LogP contribution in [0.4, 0.5) is 10.5 Å². The summed E-state index contributed by atoms with van der Waals surface area (Å²) in [5.74, 6) is -0.256. The van der Waals surface area contributed by atoms with E-state index in [1.54, 1.807) is 36.4 Å². The average Bonchev–Trinajstić information content (AvgIpc) is 3.16. The van der Waals surface area contributed by atoms with Gasteiger partial charge in [0.2, 0.25) is 0 Å². The number of imide groups is 1. The van der Waals surface area contributed by atoms with Crippen molar-refractivity contribution < 1.29 is 29.0 Å². The van der Waals surface area contributed by atoms with E-state index in [1.807, 2.05) is 12.1 Å². The number of anilines is 1. The Morgan fingerprint density at radius 1 is 1.03 bits per heavy atom. The molecular weight excluding hydrogens is 516 g/mol. The number of ether oxygens (including phenoxy) is 2. The molecule has 0 unspecified atom stereocenters. The number of nitrogens with zero attached hydrogens (tertiary/aromatic N) is 1. The number of phenols is 1. The summed E-state index contributed by atoms with van der Waals surface area (Å²) < 4.78 is 10.5. The maximum atomic E-state index is 12.9. The van der Waals surface area contributed by atoms with E-state index in [1.165, 1.54) is 37.3 Å². The Morgan fingerprint density at radius 3 is 2.46 bits per heavy atom. The first-order valence-corrected chi connectivity index (χ1v) is 12.3. The number of benzene rings is 3. The van der Waals surface area contributed by atoms with E-state index in [-0.39, 0.29) is 28.0 Å². The minimum absolute atomic E-state index is 0.00509. The van der Waals surface area contributed by atoms with Crippen molar-refractivity contribution in [2.75, 3.05) is 26.1 Å². The highest BCUT2D eigenvalue weighted by atomic mass is 35.5. The molecule has 3 aromatic rings. The number of thioether (sulfide) groups is 1. The van der Waals surface area contributed by atoms with E-state index in [0.717, 1.165) is 17.3 Å². The number of carbonyl (C=O) groups excluding carboxylic acids is 3. The van der Waals surface area contributed by atoms with Gasteiger partial charge in [-0.2, -0.15) is 0 Å². The van der Waals surface area contributed by atoms with Crippen LogP contribution in [-0.4, -0.2) is 47.8 Å². The number of amides is 3. The van der Waals surface area contributed by atoms with Gasteiger partial charge in [0.25, 0.3) is 17.1 Å². The number of phenolic OH excluding ortho intramolecular Hbond substituents is 1. The standard InChI is InChI=1S/C27H23ClN2O6S/c1-35-22-10-8-19(15-23(22)36-2)29-25(32)20-13-17(5-9-21(20)31)14-24-26(33)30(27(34)37-24)12-11-16-3-6-18(28)7-4-16/h3-10,13-15,31H,11-12H2,1-2H3,(H,29,32). The molecule has 2 N–H and O–H groups in total. The topological polar surface area (TPSA) is 105 Å². The van der Waals surface area contributed by atoms with E-state index in [4.69, 9.17) is 21.1 Å². The molecule has 1 aliphatic rings. The zero-order valence-corrected chi connectivity index (χ0v) is 21.6. The fourth-order valence-electron chi connectivity index (χ4n) is 3.67. The second kappa shape index (κ2) is 11.4. The molecule has 3 amide bonds. The zero-order valence-electron chi connectivity index (χ0n) is 20.0. The quantitative estimate of drug-likeness (QED) is 0.360. The monoisotopic (exact) mass is 538 g/mol. The average molecular weight is 539 g/mol. The van der Waals surface area contributed by atoms with Crippen molar-refractivity contribution in [2.45, 2.75) is 6.42 Å². The number of hydrogen-bond donors (Lipinski definition) is 2. The second-order valence-corrected chi connectivity index (χ2v) is 9.44. The molecule has 0 saturated carbocycles. The molecule has 0 spiro atoms. The van der Waals surface area contributed by atoms with Gasteiger partial charge in [0.05, 0.1) is 24.7 Å². The lowest BCUT2D eigenvalue weighted by Crippen LogP contribution is -2.30. The highest BCUT2D eigenvalue weighted by Gasteiger charge is 2.34. The Balaban J connectivity index is 1.48. The largest absolute Gasteiger partial charge is 0.507 e. The van der Waals surface area contributed by atoms with Gasteiger partial charge in [0.15, 0.2) is 11.5 Å². The number of aromatic hydroxyl groups is 1. The molecule has 1 aliphatic heterocycles. The van der Waals surface area contributed by atoms with E-state index in [2.05, 4.69) is 5.32 Å². The zero-order chi connectivity index (χ0) is 26.5. The number of methoxy groups -OCH3 is 2. The summed E-state index contributed by atoms with van der Waals surface area (Å²) in [6, 6.07) is 16.5. The fraction of sp³-hybridized carbons (Fsp3) is 0.148. The molecule has 0 radical (unpaired) electrons. The Hall–Kier alpha value is -3.95. The van der Waals surface area contributed by atoms with Gasteiger partial charge in [0.1, 0.15) is 5.75 Å².